The van der Waals surface area contributed by atoms with E-state index in [0.29, 0.717) is 12.2 Å². The number of hydrogen-bond acceptors (Lipinski definition) is 4. The molecular formula is C35H38BrN3O4S. The Labute approximate surface area is 269 Å². The van der Waals surface area contributed by atoms with Gasteiger partial charge in [0.05, 0.1) is 10.6 Å². The molecule has 9 heteroatoms. The molecule has 4 aromatic rings. The largest absolute Gasteiger partial charge is 0.354 e. The predicted octanol–water partition coefficient (Wildman–Crippen LogP) is 6.51. The van der Waals surface area contributed by atoms with Crippen LogP contribution in [0.1, 0.15) is 36.5 Å². The molecule has 0 bridgehead atoms. The second kappa shape index (κ2) is 15.7. The van der Waals surface area contributed by atoms with Gasteiger partial charge in [0.25, 0.3) is 10.0 Å². The monoisotopic (exact) mass is 675 g/mol. The molecule has 0 aliphatic rings. The Bertz CT molecular complexity index is 1610. The van der Waals surface area contributed by atoms with Crippen molar-refractivity contribution in [3.05, 3.63) is 130 Å². The van der Waals surface area contributed by atoms with Crippen molar-refractivity contribution < 1.29 is 18.0 Å². The van der Waals surface area contributed by atoms with E-state index in [0.717, 1.165) is 38.3 Å². The van der Waals surface area contributed by atoms with Crippen molar-refractivity contribution in [2.24, 2.45) is 0 Å². The molecule has 4 aromatic carbocycles. The lowest BCUT2D eigenvalue weighted by Gasteiger charge is -2.34. The van der Waals surface area contributed by atoms with Gasteiger partial charge in [-0.2, -0.15) is 0 Å². The van der Waals surface area contributed by atoms with Crippen LogP contribution in [0.4, 0.5) is 5.69 Å². The molecule has 1 N–H and O–H groups in total. The Kier molecular flexibility index (Phi) is 11.7. The minimum Gasteiger partial charge on any atom is -0.354 e. The maximum Gasteiger partial charge on any atom is 0.264 e. The maximum atomic E-state index is 14.4. The number of anilines is 1. The van der Waals surface area contributed by atoms with Crippen LogP contribution >= 0.6 is 15.9 Å². The molecule has 0 radical (unpaired) electrons. The molecule has 4 rings (SSSR count). The van der Waals surface area contributed by atoms with Gasteiger partial charge in [0.2, 0.25) is 11.8 Å². The van der Waals surface area contributed by atoms with Crippen molar-refractivity contribution >= 4 is 43.5 Å². The van der Waals surface area contributed by atoms with Gasteiger partial charge in [-0.1, -0.05) is 108 Å². The van der Waals surface area contributed by atoms with Crippen LogP contribution in [0.15, 0.2) is 119 Å². The molecule has 44 heavy (non-hydrogen) atoms. The number of carbonyl (C=O) groups excluding carboxylic acids is 2. The summed E-state index contributed by atoms with van der Waals surface area (Å²) < 4.78 is 29.9. The fourth-order valence-electron chi connectivity index (χ4n) is 4.81. The molecule has 0 aromatic heterocycles. The first kappa shape index (κ1) is 33.0. The van der Waals surface area contributed by atoms with Gasteiger partial charge in [-0.3, -0.25) is 13.9 Å². The first-order chi connectivity index (χ1) is 21.2. The minimum atomic E-state index is -4.13. The Morgan fingerprint density at radius 1 is 0.818 bits per heavy atom. The number of nitrogens with one attached hydrogen (secondary N) is 1. The minimum absolute atomic E-state index is 0.0685. The number of benzene rings is 4. The molecule has 0 aliphatic carbocycles. The number of amides is 2. The first-order valence-corrected chi connectivity index (χ1v) is 16.9. The maximum absolute atomic E-state index is 14.4. The van der Waals surface area contributed by atoms with Gasteiger partial charge in [-0.15, -0.1) is 0 Å². The lowest BCUT2D eigenvalue weighted by molar-refractivity contribution is -0.140. The summed E-state index contributed by atoms with van der Waals surface area (Å²) in [7, 11) is -4.13. The van der Waals surface area contributed by atoms with Crippen LogP contribution in [0.5, 0.6) is 0 Å². The Morgan fingerprint density at radius 3 is 2.05 bits per heavy atom. The van der Waals surface area contributed by atoms with E-state index in [-0.39, 0.29) is 23.8 Å². The van der Waals surface area contributed by atoms with Gasteiger partial charge < -0.3 is 10.2 Å². The van der Waals surface area contributed by atoms with Gasteiger partial charge in [-0.05, 0) is 60.9 Å². The van der Waals surface area contributed by atoms with Gasteiger partial charge in [-0.25, -0.2) is 8.42 Å². The molecular weight excluding hydrogens is 638 g/mol. The normalized spacial score (nSPS) is 11.9. The second-order valence-electron chi connectivity index (χ2n) is 10.7. The van der Waals surface area contributed by atoms with E-state index in [1.165, 1.54) is 17.0 Å². The summed E-state index contributed by atoms with van der Waals surface area (Å²) in [5.41, 5.74) is 3.14. The highest BCUT2D eigenvalue weighted by Crippen LogP contribution is 2.26. The van der Waals surface area contributed by atoms with Gasteiger partial charge >= 0.3 is 0 Å². The number of hydrogen-bond donors (Lipinski definition) is 1. The van der Waals surface area contributed by atoms with Crippen LogP contribution in [0.3, 0.4) is 0 Å². The highest BCUT2D eigenvalue weighted by molar-refractivity contribution is 9.10. The third-order valence-corrected chi connectivity index (χ3v) is 9.62. The van der Waals surface area contributed by atoms with Crippen molar-refractivity contribution in [1.82, 2.24) is 10.2 Å². The van der Waals surface area contributed by atoms with E-state index in [4.69, 9.17) is 0 Å². The van der Waals surface area contributed by atoms with E-state index in [2.05, 4.69) is 21.2 Å². The van der Waals surface area contributed by atoms with Crippen LogP contribution in [-0.2, 0) is 32.6 Å². The van der Waals surface area contributed by atoms with Crippen molar-refractivity contribution in [2.75, 3.05) is 17.4 Å². The van der Waals surface area contributed by atoms with Crippen molar-refractivity contribution in [2.45, 2.75) is 50.6 Å². The molecule has 0 spiro atoms. The topological polar surface area (TPSA) is 86.8 Å². The summed E-state index contributed by atoms with van der Waals surface area (Å²) in [4.78, 5) is 29.8. The van der Waals surface area contributed by atoms with Crippen molar-refractivity contribution in [3.8, 4) is 0 Å². The van der Waals surface area contributed by atoms with Crippen LogP contribution in [0.25, 0.3) is 0 Å². The number of halogens is 1. The van der Waals surface area contributed by atoms with Crippen LogP contribution in [0, 0.1) is 6.92 Å². The molecule has 0 aliphatic heterocycles. The fourth-order valence-corrected chi connectivity index (χ4v) is 6.51. The van der Waals surface area contributed by atoms with Crippen LogP contribution in [0.2, 0.25) is 0 Å². The fraction of sp³-hybridized carbons (Fsp3) is 0.257. The number of aryl methyl sites for hydroxylation is 1. The van der Waals surface area contributed by atoms with E-state index in [9.17, 15) is 18.0 Å². The third kappa shape index (κ3) is 8.80. The second-order valence-corrected chi connectivity index (χ2v) is 13.4. The molecule has 230 valence electrons. The summed E-state index contributed by atoms with van der Waals surface area (Å²) >= 11 is 3.41. The zero-order chi connectivity index (χ0) is 31.5. The Hall–Kier alpha value is -3.95. The number of unbranched alkanes of at least 4 members (excludes halogenated alkanes) is 1. The zero-order valence-corrected chi connectivity index (χ0v) is 27.4. The molecule has 0 heterocycles. The van der Waals surface area contributed by atoms with E-state index in [1.54, 1.807) is 42.5 Å². The third-order valence-electron chi connectivity index (χ3n) is 7.30. The highest BCUT2D eigenvalue weighted by Gasteiger charge is 2.34. The summed E-state index contributed by atoms with van der Waals surface area (Å²) in [6.07, 6.45) is 2.00. The Morgan fingerprint density at radius 2 is 1.43 bits per heavy atom. The molecule has 7 nitrogen and oxygen atoms in total. The lowest BCUT2D eigenvalue weighted by atomic mass is 10.0. The number of sulfonamides is 1. The standard InChI is InChI=1S/C35H38BrN3O4S/c1-3-4-23-37-35(41)33(24-28-11-7-5-8-12-28)38(25-29-17-15-27(2)16-18-29)34(40)26-39(31-21-19-30(36)20-22-31)44(42,43)32-13-9-6-10-14-32/h5-22,33H,3-4,23-26H2,1-2H3,(H,37,41)/t33-/m0/s1. The average molecular weight is 677 g/mol. The highest BCUT2D eigenvalue weighted by atomic mass is 79.9. The predicted molar refractivity (Wildman–Crippen MR) is 179 cm³/mol. The number of nitrogens with zero attached hydrogens (tertiary/aromatic N) is 2. The summed E-state index contributed by atoms with van der Waals surface area (Å²) in [5, 5.41) is 3.01. The first-order valence-electron chi connectivity index (χ1n) is 14.7. The number of carbonyl (C=O) groups is 2. The molecule has 0 saturated heterocycles. The van der Waals surface area contributed by atoms with Crippen LogP contribution < -0.4 is 9.62 Å². The van der Waals surface area contributed by atoms with Gasteiger partial charge in [0.15, 0.2) is 0 Å². The SMILES string of the molecule is CCCCNC(=O)[C@H](Cc1ccccc1)N(Cc1ccc(C)cc1)C(=O)CN(c1ccc(Br)cc1)S(=O)(=O)c1ccccc1. The number of rotatable bonds is 14. The zero-order valence-electron chi connectivity index (χ0n) is 25.0. The molecule has 0 unspecified atom stereocenters. The molecule has 0 fully saturated rings. The quantitative estimate of drug-likeness (QED) is 0.154. The van der Waals surface area contributed by atoms with Crippen LogP contribution in [-0.4, -0.2) is 44.3 Å². The lowest BCUT2D eigenvalue weighted by Crippen LogP contribution is -2.53. The molecule has 1 atom stereocenters. The summed E-state index contributed by atoms with van der Waals surface area (Å²) in [6.45, 7) is 4.16. The summed E-state index contributed by atoms with van der Waals surface area (Å²) in [6, 6.07) is 31.3. The molecule has 2 amide bonds. The van der Waals surface area contributed by atoms with Crippen molar-refractivity contribution in [1.29, 1.82) is 0 Å². The van der Waals surface area contributed by atoms with Gasteiger partial charge in [0, 0.05) is 24.0 Å². The summed E-state index contributed by atoms with van der Waals surface area (Å²) in [5.74, 6) is -0.761. The smallest absolute Gasteiger partial charge is 0.264 e. The van der Waals surface area contributed by atoms with E-state index < -0.39 is 28.5 Å². The van der Waals surface area contributed by atoms with E-state index >= 15 is 0 Å². The van der Waals surface area contributed by atoms with Gasteiger partial charge in [0.1, 0.15) is 12.6 Å². The van der Waals surface area contributed by atoms with E-state index in [1.807, 2.05) is 68.4 Å². The average Bonchev–Trinajstić information content (AvgIpc) is 3.03. The van der Waals surface area contributed by atoms with Crippen molar-refractivity contribution in [3.63, 3.8) is 0 Å². The molecule has 0 saturated carbocycles. The Balaban J connectivity index is 1.77.